The van der Waals surface area contributed by atoms with E-state index >= 15 is 0 Å². The zero-order valence-electron chi connectivity index (χ0n) is 11.3. The van der Waals surface area contributed by atoms with Gasteiger partial charge >= 0.3 is 0 Å². The lowest BCUT2D eigenvalue weighted by Crippen LogP contribution is -2.05. The van der Waals surface area contributed by atoms with Crippen molar-refractivity contribution in [3.05, 3.63) is 0 Å². The molecule has 0 rings (SSSR count). The number of carbonyl (C=O) groups is 1. The maximum atomic E-state index is 9.89. The highest BCUT2D eigenvalue weighted by Gasteiger charge is 1.88. The molecule has 0 aromatic heterocycles. The molecule has 98 valence electrons. The van der Waals surface area contributed by atoms with Gasteiger partial charge in [0.1, 0.15) is 6.29 Å². The van der Waals surface area contributed by atoms with Crippen LogP contribution in [-0.4, -0.2) is 26.8 Å². The normalized spacial score (nSPS) is 9.81. The Bertz CT molecular complexity index is 122. The molecule has 0 aromatic carbocycles. The van der Waals surface area contributed by atoms with E-state index in [1.165, 1.54) is 32.1 Å². The van der Waals surface area contributed by atoms with Crippen LogP contribution in [-0.2, 0) is 14.3 Å². The van der Waals surface area contributed by atoms with Crippen LogP contribution in [0.4, 0.5) is 0 Å². The molecule has 0 atom stereocenters. The molecule has 0 saturated carbocycles. The summed E-state index contributed by atoms with van der Waals surface area (Å²) in [4.78, 5) is 9.89. The van der Waals surface area contributed by atoms with Gasteiger partial charge in [-0.1, -0.05) is 39.0 Å². The van der Waals surface area contributed by atoms with E-state index in [2.05, 4.69) is 16.4 Å². The third kappa shape index (κ3) is 19.2. The van der Waals surface area contributed by atoms with Crippen LogP contribution in [0, 0.1) is 0 Å². The first kappa shape index (κ1) is 18.0. The summed E-state index contributed by atoms with van der Waals surface area (Å²) < 4.78 is 9.35. The quantitative estimate of drug-likeness (QED) is 0.346. The van der Waals surface area contributed by atoms with Gasteiger partial charge in [0.15, 0.2) is 6.29 Å². The minimum absolute atomic E-state index is 0.0648. The summed E-state index contributed by atoms with van der Waals surface area (Å²) in [5.74, 6) is 0. The highest BCUT2D eigenvalue weighted by atomic mass is 16.7. The third-order valence-electron chi connectivity index (χ3n) is 2.34. The lowest BCUT2D eigenvalue weighted by molar-refractivity contribution is -0.107. The van der Waals surface area contributed by atoms with Gasteiger partial charge in [-0.05, 0) is 13.3 Å². The third-order valence-corrected chi connectivity index (χ3v) is 2.34. The van der Waals surface area contributed by atoms with Gasteiger partial charge in [0, 0.05) is 20.6 Å². The number of ether oxygens (including phenoxy) is 2. The van der Waals surface area contributed by atoms with E-state index in [0.717, 1.165) is 19.1 Å². The molecule has 16 heavy (non-hydrogen) atoms. The highest BCUT2D eigenvalue weighted by molar-refractivity contribution is 5.48. The lowest BCUT2D eigenvalue weighted by atomic mass is 10.1. The topological polar surface area (TPSA) is 35.5 Å². The molecule has 0 aliphatic heterocycles. The van der Waals surface area contributed by atoms with Gasteiger partial charge in [-0.25, -0.2) is 0 Å². The average molecular weight is 232 g/mol. The molecule has 0 heterocycles. The second-order valence-corrected chi connectivity index (χ2v) is 3.76. The summed E-state index contributed by atoms with van der Waals surface area (Å²) >= 11 is 0. The molecule has 3 nitrogen and oxygen atoms in total. The van der Waals surface area contributed by atoms with Gasteiger partial charge in [0.05, 0.1) is 0 Å². The van der Waals surface area contributed by atoms with Crippen LogP contribution in [0.1, 0.15) is 58.8 Å². The lowest BCUT2D eigenvalue weighted by Gasteiger charge is -2.03. The summed E-state index contributed by atoms with van der Waals surface area (Å²) in [7, 11) is 3.21. The molecule has 0 unspecified atom stereocenters. The van der Waals surface area contributed by atoms with Crippen LogP contribution in [0.2, 0.25) is 0 Å². The maximum Gasteiger partial charge on any atom is 0.154 e. The molecule has 0 aliphatic carbocycles. The predicted molar refractivity (Wildman–Crippen MR) is 67.5 cm³/mol. The van der Waals surface area contributed by atoms with Crippen LogP contribution < -0.4 is 0 Å². The maximum absolute atomic E-state index is 9.89. The largest absolute Gasteiger partial charge is 0.356 e. The summed E-state index contributed by atoms with van der Waals surface area (Å²) in [5, 5.41) is 0. The Labute approximate surface area is 101 Å². The molecular weight excluding hydrogens is 204 g/mol. The second-order valence-electron chi connectivity index (χ2n) is 3.76. The van der Waals surface area contributed by atoms with Gasteiger partial charge in [0.25, 0.3) is 0 Å². The van der Waals surface area contributed by atoms with Gasteiger partial charge in [-0.15, -0.1) is 0 Å². The van der Waals surface area contributed by atoms with Crippen molar-refractivity contribution < 1.29 is 14.3 Å². The number of hydrogen-bond acceptors (Lipinski definition) is 3. The number of aldehydes is 1. The van der Waals surface area contributed by atoms with Crippen molar-refractivity contribution in [1.29, 1.82) is 0 Å². The van der Waals surface area contributed by atoms with E-state index in [1.54, 1.807) is 14.2 Å². The fourth-order valence-electron chi connectivity index (χ4n) is 1.10. The van der Waals surface area contributed by atoms with Crippen molar-refractivity contribution in [2.75, 3.05) is 14.2 Å². The molecule has 0 amide bonds. The number of methoxy groups -OCH3 is 2. The van der Waals surface area contributed by atoms with Gasteiger partial charge in [-0.2, -0.15) is 0 Å². The SMILES string of the molecule is CCCCCCCCC=O.COC(C)OC. The van der Waals surface area contributed by atoms with E-state index < -0.39 is 0 Å². The molecule has 0 radical (unpaired) electrons. The van der Waals surface area contributed by atoms with E-state index in [1.807, 2.05) is 6.92 Å². The van der Waals surface area contributed by atoms with Crippen molar-refractivity contribution in [3.8, 4) is 0 Å². The molecule has 0 N–H and O–H groups in total. The van der Waals surface area contributed by atoms with Gasteiger partial charge in [-0.3, -0.25) is 0 Å². The summed E-state index contributed by atoms with van der Waals surface area (Å²) in [6, 6.07) is 0. The summed E-state index contributed by atoms with van der Waals surface area (Å²) in [5.41, 5.74) is 0. The first-order valence-corrected chi connectivity index (χ1v) is 6.22. The Hall–Kier alpha value is -0.410. The smallest absolute Gasteiger partial charge is 0.154 e. The number of rotatable bonds is 9. The van der Waals surface area contributed by atoms with Crippen molar-refractivity contribution in [2.45, 2.75) is 65.1 Å². The summed E-state index contributed by atoms with van der Waals surface area (Å²) in [6.45, 7) is 4.05. The highest BCUT2D eigenvalue weighted by Crippen LogP contribution is 2.05. The van der Waals surface area contributed by atoms with Crippen LogP contribution in [0.5, 0.6) is 0 Å². The van der Waals surface area contributed by atoms with E-state index in [9.17, 15) is 4.79 Å². The number of hydrogen-bond donors (Lipinski definition) is 0. The molecule has 3 heteroatoms. The number of carbonyl (C=O) groups excluding carboxylic acids is 1. The van der Waals surface area contributed by atoms with Crippen LogP contribution in [0.3, 0.4) is 0 Å². The Kier molecular flexibility index (Phi) is 19.1. The Morgan fingerprint density at radius 2 is 1.50 bits per heavy atom. The standard InChI is InChI=1S/C9H18O.C4H10O2/c1-2-3-4-5-6-7-8-9-10;1-4(5-2)6-3/h9H,2-8H2,1H3;4H,1-3H3. The van der Waals surface area contributed by atoms with Crippen LogP contribution in [0.15, 0.2) is 0 Å². The van der Waals surface area contributed by atoms with E-state index in [-0.39, 0.29) is 6.29 Å². The first-order chi connectivity index (χ1) is 7.72. The zero-order valence-corrected chi connectivity index (χ0v) is 11.3. The first-order valence-electron chi connectivity index (χ1n) is 6.22. The molecule has 0 fully saturated rings. The minimum Gasteiger partial charge on any atom is -0.356 e. The van der Waals surface area contributed by atoms with E-state index in [0.29, 0.717) is 0 Å². The Morgan fingerprint density at radius 1 is 1.00 bits per heavy atom. The molecule has 0 aromatic rings. The summed E-state index contributed by atoms with van der Waals surface area (Å²) in [6.07, 6.45) is 9.33. The fraction of sp³-hybridized carbons (Fsp3) is 0.923. The Morgan fingerprint density at radius 3 is 1.88 bits per heavy atom. The van der Waals surface area contributed by atoms with Crippen molar-refractivity contribution >= 4 is 6.29 Å². The van der Waals surface area contributed by atoms with Crippen LogP contribution in [0.25, 0.3) is 0 Å². The minimum atomic E-state index is -0.0648. The number of unbranched alkanes of at least 4 members (excludes halogenated alkanes) is 6. The van der Waals surface area contributed by atoms with E-state index in [4.69, 9.17) is 0 Å². The average Bonchev–Trinajstić information content (AvgIpc) is 2.33. The Balaban J connectivity index is 0. The molecule has 0 saturated heterocycles. The molecular formula is C13H28O3. The second kappa shape index (κ2) is 17.0. The molecule has 0 spiro atoms. The van der Waals surface area contributed by atoms with Gasteiger partial charge < -0.3 is 14.3 Å². The fourth-order valence-corrected chi connectivity index (χ4v) is 1.10. The van der Waals surface area contributed by atoms with Crippen molar-refractivity contribution in [1.82, 2.24) is 0 Å². The van der Waals surface area contributed by atoms with Crippen LogP contribution >= 0.6 is 0 Å². The van der Waals surface area contributed by atoms with Crippen molar-refractivity contribution in [3.63, 3.8) is 0 Å². The van der Waals surface area contributed by atoms with Gasteiger partial charge in [0.2, 0.25) is 0 Å². The molecule has 0 aliphatic rings. The molecule has 0 bridgehead atoms. The van der Waals surface area contributed by atoms with Crippen molar-refractivity contribution in [2.24, 2.45) is 0 Å². The zero-order chi connectivity index (χ0) is 12.6. The monoisotopic (exact) mass is 232 g/mol. The predicted octanol–water partition coefficient (Wildman–Crippen LogP) is 3.56.